The lowest BCUT2D eigenvalue weighted by molar-refractivity contribution is -0.384. The molecule has 0 aliphatic rings. The zero-order valence-electron chi connectivity index (χ0n) is 12.7. The minimum Gasteiger partial charge on any atom is -0.268 e. The number of non-ortho nitro benzene ring substituents is 1. The summed E-state index contributed by atoms with van der Waals surface area (Å²) < 4.78 is 28.1. The van der Waals surface area contributed by atoms with Gasteiger partial charge in [0.05, 0.1) is 17.2 Å². The molecule has 0 saturated carbocycles. The van der Waals surface area contributed by atoms with Gasteiger partial charge in [-0.1, -0.05) is 24.3 Å². The predicted octanol–water partition coefficient (Wildman–Crippen LogP) is 3.15. The van der Waals surface area contributed by atoms with Crippen molar-refractivity contribution in [1.82, 2.24) is 9.78 Å². The van der Waals surface area contributed by atoms with Crippen LogP contribution in [0.3, 0.4) is 0 Å². The van der Waals surface area contributed by atoms with Gasteiger partial charge < -0.3 is 0 Å². The van der Waals surface area contributed by atoms with Gasteiger partial charge in [0.25, 0.3) is 11.2 Å². The number of halogens is 2. The van der Waals surface area contributed by atoms with Crippen LogP contribution >= 0.6 is 0 Å². The maximum atomic E-state index is 13.8. The van der Waals surface area contributed by atoms with Crippen LogP contribution in [0.25, 0.3) is 11.3 Å². The Hall–Kier alpha value is -3.42. The number of nitro benzene ring substituents is 1. The van der Waals surface area contributed by atoms with Gasteiger partial charge in [-0.25, -0.2) is 13.5 Å². The smallest absolute Gasteiger partial charge is 0.268 e. The van der Waals surface area contributed by atoms with Gasteiger partial charge in [0.2, 0.25) is 0 Å². The topological polar surface area (TPSA) is 78.0 Å². The van der Waals surface area contributed by atoms with Crippen LogP contribution in [-0.2, 0) is 6.54 Å². The van der Waals surface area contributed by atoms with Crippen molar-refractivity contribution in [3.8, 4) is 11.3 Å². The van der Waals surface area contributed by atoms with E-state index < -0.39 is 22.1 Å². The van der Waals surface area contributed by atoms with E-state index in [1.54, 1.807) is 6.07 Å². The van der Waals surface area contributed by atoms with Gasteiger partial charge in [0, 0.05) is 29.3 Å². The first-order chi connectivity index (χ1) is 12.0. The van der Waals surface area contributed by atoms with Crippen molar-refractivity contribution in [3.05, 3.63) is 92.3 Å². The van der Waals surface area contributed by atoms with Gasteiger partial charge in [-0.3, -0.25) is 14.9 Å². The highest BCUT2D eigenvalue weighted by Gasteiger charge is 2.12. The van der Waals surface area contributed by atoms with Crippen LogP contribution in [0.2, 0.25) is 0 Å². The molecule has 6 nitrogen and oxygen atoms in total. The third kappa shape index (κ3) is 3.42. The summed E-state index contributed by atoms with van der Waals surface area (Å²) in [7, 11) is 0. The fourth-order valence-corrected chi connectivity index (χ4v) is 2.33. The Morgan fingerprint density at radius 1 is 1.08 bits per heavy atom. The molecule has 0 atom stereocenters. The molecule has 1 aromatic heterocycles. The quantitative estimate of drug-likeness (QED) is 0.538. The Morgan fingerprint density at radius 3 is 2.60 bits per heavy atom. The molecular weight excluding hydrogens is 332 g/mol. The van der Waals surface area contributed by atoms with Crippen LogP contribution in [0.1, 0.15) is 5.56 Å². The Morgan fingerprint density at radius 2 is 1.84 bits per heavy atom. The van der Waals surface area contributed by atoms with Crippen molar-refractivity contribution in [2.24, 2.45) is 0 Å². The van der Waals surface area contributed by atoms with Crippen LogP contribution < -0.4 is 5.56 Å². The summed E-state index contributed by atoms with van der Waals surface area (Å²) in [5.74, 6) is -2.06. The number of rotatable bonds is 4. The second kappa shape index (κ2) is 6.60. The van der Waals surface area contributed by atoms with E-state index in [-0.39, 0.29) is 17.8 Å². The zero-order chi connectivity index (χ0) is 18.0. The molecule has 0 fully saturated rings. The van der Waals surface area contributed by atoms with Gasteiger partial charge in [0.1, 0.15) is 0 Å². The summed E-state index contributed by atoms with van der Waals surface area (Å²) in [5, 5.41) is 15.0. The molecule has 0 saturated heterocycles. The molecule has 0 bridgehead atoms. The maximum absolute atomic E-state index is 13.8. The summed E-state index contributed by atoms with van der Waals surface area (Å²) in [6.07, 6.45) is 0. The lowest BCUT2D eigenvalue weighted by atomic mass is 10.1. The highest BCUT2D eigenvalue weighted by molar-refractivity contribution is 5.61. The molecule has 0 unspecified atom stereocenters. The molecular formula is C17H11F2N3O3. The molecule has 0 radical (unpaired) electrons. The molecule has 3 rings (SSSR count). The minimum atomic E-state index is -1.04. The van der Waals surface area contributed by atoms with E-state index in [2.05, 4.69) is 5.10 Å². The monoisotopic (exact) mass is 343 g/mol. The van der Waals surface area contributed by atoms with Crippen LogP contribution in [0.15, 0.2) is 59.4 Å². The number of nitrogens with zero attached hydrogens (tertiary/aromatic N) is 3. The molecule has 25 heavy (non-hydrogen) atoms. The average molecular weight is 343 g/mol. The van der Waals surface area contributed by atoms with Gasteiger partial charge in [-0.15, -0.1) is 0 Å². The van der Waals surface area contributed by atoms with Crippen molar-refractivity contribution >= 4 is 5.69 Å². The lowest BCUT2D eigenvalue weighted by Gasteiger charge is -2.08. The number of nitro groups is 1. The molecule has 0 aliphatic heterocycles. The van der Waals surface area contributed by atoms with E-state index >= 15 is 0 Å². The molecule has 126 valence electrons. The second-order valence-electron chi connectivity index (χ2n) is 5.23. The van der Waals surface area contributed by atoms with Gasteiger partial charge in [0.15, 0.2) is 11.6 Å². The largest absolute Gasteiger partial charge is 0.270 e. The minimum absolute atomic E-state index is 0.0224. The Kier molecular flexibility index (Phi) is 4.34. The van der Waals surface area contributed by atoms with Gasteiger partial charge in [-0.05, 0) is 12.1 Å². The summed E-state index contributed by atoms with van der Waals surface area (Å²) in [6, 6.07) is 12.1. The first-order valence-corrected chi connectivity index (χ1v) is 7.21. The molecule has 2 aromatic carbocycles. The summed E-state index contributed by atoms with van der Waals surface area (Å²) >= 11 is 0. The summed E-state index contributed by atoms with van der Waals surface area (Å²) in [5.41, 5.74) is 0.0969. The fourth-order valence-electron chi connectivity index (χ4n) is 2.33. The molecule has 3 aromatic rings. The normalized spacial score (nSPS) is 10.6. The molecule has 1 heterocycles. The van der Waals surface area contributed by atoms with Crippen molar-refractivity contribution in [3.63, 3.8) is 0 Å². The van der Waals surface area contributed by atoms with Crippen LogP contribution in [0.4, 0.5) is 14.5 Å². The van der Waals surface area contributed by atoms with Gasteiger partial charge >= 0.3 is 0 Å². The third-order valence-electron chi connectivity index (χ3n) is 3.57. The highest BCUT2D eigenvalue weighted by Crippen LogP contribution is 2.21. The Bertz CT molecular complexity index is 1020. The molecule has 0 N–H and O–H groups in total. The summed E-state index contributed by atoms with van der Waals surface area (Å²) in [4.78, 5) is 22.3. The number of hydrogen-bond acceptors (Lipinski definition) is 4. The first kappa shape index (κ1) is 16.4. The Labute approximate surface area is 140 Å². The van der Waals surface area contributed by atoms with Crippen molar-refractivity contribution in [2.45, 2.75) is 6.54 Å². The zero-order valence-corrected chi connectivity index (χ0v) is 12.7. The fraction of sp³-hybridized carbons (Fsp3) is 0.0588. The SMILES string of the molecule is O=c1ccc(-c2cccc([N+](=O)[O-])c2)nn1Cc1cccc(F)c1F. The van der Waals surface area contributed by atoms with E-state index in [1.165, 1.54) is 42.5 Å². The van der Waals surface area contributed by atoms with Crippen molar-refractivity contribution < 1.29 is 13.7 Å². The maximum Gasteiger partial charge on any atom is 0.270 e. The van der Waals surface area contributed by atoms with E-state index in [0.717, 1.165) is 10.7 Å². The predicted molar refractivity (Wildman–Crippen MR) is 86.0 cm³/mol. The van der Waals surface area contributed by atoms with Crippen LogP contribution in [0.5, 0.6) is 0 Å². The highest BCUT2D eigenvalue weighted by atomic mass is 19.2. The molecule has 0 amide bonds. The van der Waals surface area contributed by atoms with E-state index in [9.17, 15) is 23.7 Å². The van der Waals surface area contributed by atoms with E-state index in [4.69, 9.17) is 0 Å². The van der Waals surface area contributed by atoms with E-state index in [0.29, 0.717) is 11.3 Å². The van der Waals surface area contributed by atoms with Crippen LogP contribution in [-0.4, -0.2) is 14.7 Å². The third-order valence-corrected chi connectivity index (χ3v) is 3.57. The number of hydrogen-bond donors (Lipinski definition) is 0. The van der Waals surface area contributed by atoms with Gasteiger partial charge in [-0.2, -0.15) is 5.10 Å². The first-order valence-electron chi connectivity index (χ1n) is 7.21. The molecule has 0 spiro atoms. The number of aromatic nitrogens is 2. The van der Waals surface area contributed by atoms with Crippen molar-refractivity contribution in [2.75, 3.05) is 0 Å². The summed E-state index contributed by atoms with van der Waals surface area (Å²) in [6.45, 7) is -0.259. The van der Waals surface area contributed by atoms with E-state index in [1.807, 2.05) is 0 Å². The second-order valence-corrected chi connectivity index (χ2v) is 5.23. The van der Waals surface area contributed by atoms with Crippen molar-refractivity contribution in [1.29, 1.82) is 0 Å². The molecule has 8 heteroatoms. The molecule has 0 aliphatic carbocycles. The van der Waals surface area contributed by atoms with Crippen LogP contribution in [0, 0.1) is 21.7 Å². The Balaban J connectivity index is 2.01. The lowest BCUT2D eigenvalue weighted by Crippen LogP contribution is -2.23. The number of benzene rings is 2. The average Bonchev–Trinajstić information content (AvgIpc) is 2.61. The standard InChI is InChI=1S/C17H11F2N3O3/c18-14-6-2-4-12(17(14)19)10-21-16(23)8-7-15(20-21)11-3-1-5-13(9-11)22(24)25/h1-9H,10H2.